The van der Waals surface area contributed by atoms with E-state index < -0.39 is 0 Å². The van der Waals surface area contributed by atoms with E-state index in [0.717, 1.165) is 5.06 Å². The summed E-state index contributed by atoms with van der Waals surface area (Å²) in [5.74, 6) is 0.00148. The molecular weight excluding hydrogens is 184 g/mol. The third-order valence-electron chi connectivity index (χ3n) is 1.65. The Morgan fingerprint density at radius 1 is 1.71 bits per heavy atom. The molecule has 0 aliphatic heterocycles. The number of allylic oxidation sites excluding steroid dienone is 1. The summed E-state index contributed by atoms with van der Waals surface area (Å²) in [4.78, 5) is 20.1. The van der Waals surface area contributed by atoms with Gasteiger partial charge >= 0.3 is 0 Å². The molecule has 1 amide bonds. The molecule has 0 saturated heterocycles. The summed E-state index contributed by atoms with van der Waals surface area (Å²) in [6.45, 7) is 5.40. The Labute approximate surface area is 81.9 Å². The predicted octanol–water partition coefficient (Wildman–Crippen LogP) is 1.34. The molecule has 0 saturated carbocycles. The van der Waals surface area contributed by atoms with Crippen LogP contribution in [-0.2, 0) is 4.84 Å². The Morgan fingerprint density at radius 2 is 2.36 bits per heavy atom. The van der Waals surface area contributed by atoms with Crippen LogP contribution in [0.4, 0.5) is 0 Å². The fourth-order valence-corrected chi connectivity index (χ4v) is 0.812. The third kappa shape index (κ3) is 2.00. The van der Waals surface area contributed by atoms with Crippen LogP contribution in [0.1, 0.15) is 23.3 Å². The summed E-state index contributed by atoms with van der Waals surface area (Å²) >= 11 is 0. The van der Waals surface area contributed by atoms with Gasteiger partial charge in [-0.25, -0.2) is 10.0 Å². The quantitative estimate of drug-likeness (QED) is 0.684. The molecule has 5 nitrogen and oxygen atoms in total. The summed E-state index contributed by atoms with van der Waals surface area (Å²) in [6, 6.07) is 0. The number of rotatable bonds is 3. The van der Waals surface area contributed by atoms with E-state index in [9.17, 15) is 4.79 Å². The minimum atomic E-state index is -0.358. The molecule has 0 aromatic carbocycles. The summed E-state index contributed by atoms with van der Waals surface area (Å²) in [7, 11) is 2.90. The number of nitrogens with zero attached hydrogens (tertiary/aromatic N) is 2. The fourth-order valence-electron chi connectivity index (χ4n) is 0.812. The number of hydroxylamine groups is 2. The van der Waals surface area contributed by atoms with Crippen molar-refractivity contribution in [1.82, 2.24) is 10.0 Å². The maximum Gasteiger partial charge on any atom is 0.299 e. The van der Waals surface area contributed by atoms with E-state index in [1.165, 1.54) is 20.4 Å². The van der Waals surface area contributed by atoms with Crippen molar-refractivity contribution in [2.75, 3.05) is 14.2 Å². The van der Waals surface area contributed by atoms with Gasteiger partial charge in [0.25, 0.3) is 5.91 Å². The zero-order valence-corrected chi connectivity index (χ0v) is 8.40. The van der Waals surface area contributed by atoms with E-state index in [4.69, 9.17) is 9.25 Å². The fraction of sp³-hybridized carbons (Fsp3) is 0.333. The number of hydrogen-bond acceptors (Lipinski definition) is 4. The smallest absolute Gasteiger partial charge is 0.299 e. The Bertz CT molecular complexity index is 357. The first-order chi connectivity index (χ1) is 6.56. The first-order valence-corrected chi connectivity index (χ1v) is 4.00. The van der Waals surface area contributed by atoms with Gasteiger partial charge in [-0.15, -0.1) is 0 Å². The molecule has 0 atom stereocenters. The van der Waals surface area contributed by atoms with Crippen LogP contribution in [-0.4, -0.2) is 30.1 Å². The van der Waals surface area contributed by atoms with Gasteiger partial charge in [0, 0.05) is 12.6 Å². The van der Waals surface area contributed by atoms with Crippen molar-refractivity contribution >= 4 is 11.5 Å². The van der Waals surface area contributed by atoms with Crippen molar-refractivity contribution in [1.29, 1.82) is 0 Å². The Morgan fingerprint density at radius 3 is 2.79 bits per heavy atom. The highest BCUT2D eigenvalue weighted by Gasteiger charge is 2.16. The van der Waals surface area contributed by atoms with E-state index in [0.29, 0.717) is 11.5 Å². The lowest BCUT2D eigenvalue weighted by molar-refractivity contribution is -0.0760. The molecular formula is C9H12N2O3. The minimum absolute atomic E-state index is 0.201. The molecule has 0 N–H and O–H groups in total. The van der Waals surface area contributed by atoms with Crippen LogP contribution in [0, 0.1) is 0 Å². The van der Waals surface area contributed by atoms with Gasteiger partial charge in [0.05, 0.1) is 7.11 Å². The second-order valence-electron chi connectivity index (χ2n) is 2.80. The number of carbonyl (C=O) groups excluding carboxylic acids is 1. The topological polar surface area (TPSA) is 55.6 Å². The van der Waals surface area contributed by atoms with Crippen LogP contribution in [0.15, 0.2) is 17.3 Å². The van der Waals surface area contributed by atoms with Gasteiger partial charge in [0.15, 0.2) is 5.69 Å². The van der Waals surface area contributed by atoms with Crippen molar-refractivity contribution in [3.63, 3.8) is 0 Å². The molecule has 0 unspecified atom stereocenters. The van der Waals surface area contributed by atoms with Gasteiger partial charge in [0.2, 0.25) is 5.89 Å². The number of hydrogen-bond donors (Lipinski definition) is 0. The van der Waals surface area contributed by atoms with Gasteiger partial charge in [-0.3, -0.25) is 9.63 Å². The summed E-state index contributed by atoms with van der Waals surface area (Å²) in [6.07, 6.45) is 1.28. The first-order valence-electron chi connectivity index (χ1n) is 4.00. The maximum atomic E-state index is 11.5. The molecule has 1 aromatic heterocycles. The van der Waals surface area contributed by atoms with Crippen molar-refractivity contribution in [3.05, 3.63) is 24.4 Å². The molecule has 1 heterocycles. The maximum absolute atomic E-state index is 11.5. The zero-order valence-electron chi connectivity index (χ0n) is 8.40. The zero-order chi connectivity index (χ0) is 10.7. The molecule has 0 radical (unpaired) electrons. The third-order valence-corrected chi connectivity index (χ3v) is 1.65. The largest absolute Gasteiger partial charge is 0.444 e. The lowest BCUT2D eigenvalue weighted by Crippen LogP contribution is -2.25. The van der Waals surface area contributed by atoms with Crippen LogP contribution in [0.5, 0.6) is 0 Å². The highest BCUT2D eigenvalue weighted by molar-refractivity contribution is 5.91. The lowest BCUT2D eigenvalue weighted by atomic mass is 10.3. The highest BCUT2D eigenvalue weighted by Crippen LogP contribution is 2.11. The Balaban J connectivity index is 2.87. The molecule has 0 aliphatic carbocycles. The van der Waals surface area contributed by atoms with E-state index in [1.807, 2.05) is 0 Å². The molecule has 1 aromatic rings. The molecule has 0 fully saturated rings. The van der Waals surface area contributed by atoms with Crippen molar-refractivity contribution < 1.29 is 14.0 Å². The molecule has 14 heavy (non-hydrogen) atoms. The standard InChI is InChI=1S/C9H12N2O3/c1-6(2)8-10-7(5-14-8)9(12)11(3)13-4/h5H,1H2,2-4H3. The lowest BCUT2D eigenvalue weighted by Gasteiger charge is -2.10. The van der Waals surface area contributed by atoms with E-state index in [1.54, 1.807) is 6.92 Å². The van der Waals surface area contributed by atoms with E-state index in [2.05, 4.69) is 11.6 Å². The molecule has 0 aliphatic rings. The molecule has 76 valence electrons. The van der Waals surface area contributed by atoms with Gasteiger partial charge in [-0.05, 0) is 6.92 Å². The summed E-state index contributed by atoms with van der Waals surface area (Å²) in [5.41, 5.74) is 0.872. The molecule has 1 rings (SSSR count). The average molecular weight is 196 g/mol. The van der Waals surface area contributed by atoms with Crippen LogP contribution in [0.2, 0.25) is 0 Å². The van der Waals surface area contributed by atoms with Crippen LogP contribution in [0.25, 0.3) is 5.57 Å². The van der Waals surface area contributed by atoms with Crippen LogP contribution in [0.3, 0.4) is 0 Å². The second kappa shape index (κ2) is 4.06. The van der Waals surface area contributed by atoms with Gasteiger partial charge in [-0.1, -0.05) is 6.58 Å². The van der Waals surface area contributed by atoms with Crippen LogP contribution < -0.4 is 0 Å². The summed E-state index contributed by atoms with van der Waals surface area (Å²) < 4.78 is 5.03. The number of aromatic nitrogens is 1. The first kappa shape index (κ1) is 10.5. The number of amides is 1. The highest BCUT2D eigenvalue weighted by atomic mass is 16.7. The monoisotopic (exact) mass is 196 g/mol. The van der Waals surface area contributed by atoms with Gasteiger partial charge in [-0.2, -0.15) is 0 Å². The van der Waals surface area contributed by atoms with Crippen molar-refractivity contribution in [2.24, 2.45) is 0 Å². The van der Waals surface area contributed by atoms with Crippen molar-refractivity contribution in [2.45, 2.75) is 6.92 Å². The second-order valence-corrected chi connectivity index (χ2v) is 2.80. The average Bonchev–Trinajstić information content (AvgIpc) is 2.64. The number of carbonyl (C=O) groups is 1. The number of oxazole rings is 1. The van der Waals surface area contributed by atoms with Gasteiger partial charge in [0.1, 0.15) is 6.26 Å². The minimum Gasteiger partial charge on any atom is -0.444 e. The van der Waals surface area contributed by atoms with E-state index in [-0.39, 0.29) is 11.6 Å². The molecule has 0 bridgehead atoms. The van der Waals surface area contributed by atoms with E-state index >= 15 is 0 Å². The molecule has 5 heteroatoms. The predicted molar refractivity (Wildman–Crippen MR) is 50.3 cm³/mol. The van der Waals surface area contributed by atoms with Crippen LogP contribution >= 0.6 is 0 Å². The normalized spacial score (nSPS) is 9.93. The SMILES string of the molecule is C=C(C)c1nc(C(=O)N(C)OC)co1. The van der Waals surface area contributed by atoms with Gasteiger partial charge < -0.3 is 4.42 Å². The Hall–Kier alpha value is -1.62. The van der Waals surface area contributed by atoms with Crippen molar-refractivity contribution in [3.8, 4) is 0 Å². The molecule has 0 spiro atoms. The Kier molecular flexibility index (Phi) is 3.03. The summed E-state index contributed by atoms with van der Waals surface area (Å²) in [5, 5.41) is 1.07.